The van der Waals surface area contributed by atoms with Crippen molar-refractivity contribution < 1.29 is 14.3 Å². The minimum absolute atomic E-state index is 0.0235. The molecule has 2 rings (SSSR count). The van der Waals surface area contributed by atoms with E-state index in [0.29, 0.717) is 25.6 Å². The van der Waals surface area contributed by atoms with Crippen LogP contribution in [-0.4, -0.2) is 62.1 Å². The lowest BCUT2D eigenvalue weighted by atomic mass is 9.97. The van der Waals surface area contributed by atoms with Gasteiger partial charge < -0.3 is 20.3 Å². The molecule has 2 saturated heterocycles. The molecule has 2 aliphatic heterocycles. The third kappa shape index (κ3) is 5.10. The summed E-state index contributed by atoms with van der Waals surface area (Å²) >= 11 is 0. The summed E-state index contributed by atoms with van der Waals surface area (Å²) in [4.78, 5) is 25.9. The van der Waals surface area contributed by atoms with Crippen LogP contribution in [0.3, 0.4) is 0 Å². The Hall–Kier alpha value is -1.40. The number of likely N-dealkylation sites (tertiary alicyclic amines) is 1. The summed E-state index contributed by atoms with van der Waals surface area (Å²) in [5, 5.41) is 6.22. The van der Waals surface area contributed by atoms with E-state index in [4.69, 9.17) is 4.74 Å². The minimum Gasteiger partial charge on any atom is -0.368 e. The number of hydrogen-bond donors (Lipinski definition) is 2. The van der Waals surface area contributed by atoms with E-state index in [1.807, 2.05) is 4.90 Å². The van der Waals surface area contributed by atoms with Gasteiger partial charge in [-0.25, -0.2) is 0 Å². The van der Waals surface area contributed by atoms with Gasteiger partial charge in [0.1, 0.15) is 6.61 Å². The average Bonchev–Trinajstić information content (AvgIpc) is 3.07. The van der Waals surface area contributed by atoms with Gasteiger partial charge >= 0.3 is 0 Å². The van der Waals surface area contributed by atoms with Crippen molar-refractivity contribution in [3.63, 3.8) is 0 Å². The number of carbonyl (C=O) groups excluding carboxylic acids is 2. The first kappa shape index (κ1) is 17.0. The highest BCUT2D eigenvalue weighted by atomic mass is 16.5. The van der Waals surface area contributed by atoms with Gasteiger partial charge in [-0.15, -0.1) is 6.58 Å². The second-order valence-corrected chi connectivity index (χ2v) is 6.05. The quantitative estimate of drug-likeness (QED) is 0.524. The molecule has 2 unspecified atom stereocenters. The summed E-state index contributed by atoms with van der Waals surface area (Å²) in [5.41, 5.74) is 0. The van der Waals surface area contributed by atoms with Crippen molar-refractivity contribution in [3.8, 4) is 0 Å². The van der Waals surface area contributed by atoms with Gasteiger partial charge in [0.25, 0.3) is 0 Å². The number of ether oxygens (including phenoxy) is 1. The molecule has 2 fully saturated rings. The number of amides is 2. The highest BCUT2D eigenvalue weighted by molar-refractivity contribution is 5.82. The molecule has 0 bridgehead atoms. The van der Waals surface area contributed by atoms with Crippen molar-refractivity contribution in [2.45, 2.75) is 31.7 Å². The third-order valence-corrected chi connectivity index (χ3v) is 4.27. The molecular weight excluding hydrogens is 282 g/mol. The highest BCUT2D eigenvalue weighted by Gasteiger charge is 2.26. The van der Waals surface area contributed by atoms with Crippen LogP contribution >= 0.6 is 0 Å². The fourth-order valence-electron chi connectivity index (χ4n) is 3.06. The first-order chi connectivity index (χ1) is 10.7. The minimum atomic E-state index is -0.0337. The molecule has 124 valence electrons. The average molecular weight is 309 g/mol. The van der Waals surface area contributed by atoms with E-state index >= 15 is 0 Å². The molecule has 0 aromatic carbocycles. The van der Waals surface area contributed by atoms with Crippen molar-refractivity contribution in [3.05, 3.63) is 12.7 Å². The van der Waals surface area contributed by atoms with Crippen LogP contribution in [0.1, 0.15) is 25.7 Å². The van der Waals surface area contributed by atoms with E-state index in [2.05, 4.69) is 17.2 Å². The molecule has 0 aromatic rings. The van der Waals surface area contributed by atoms with E-state index < -0.39 is 0 Å². The van der Waals surface area contributed by atoms with Gasteiger partial charge in [0, 0.05) is 19.6 Å². The summed E-state index contributed by atoms with van der Waals surface area (Å²) in [6.07, 6.45) is 5.65. The van der Waals surface area contributed by atoms with Crippen molar-refractivity contribution in [2.75, 3.05) is 39.4 Å². The second kappa shape index (κ2) is 8.90. The number of piperidine rings is 1. The van der Waals surface area contributed by atoms with Crippen molar-refractivity contribution in [2.24, 2.45) is 5.92 Å². The molecule has 6 nitrogen and oxygen atoms in total. The zero-order valence-corrected chi connectivity index (χ0v) is 13.2. The molecule has 0 radical (unpaired) electrons. The molecule has 0 saturated carbocycles. The van der Waals surface area contributed by atoms with Gasteiger partial charge in [0.05, 0.1) is 12.6 Å². The maximum atomic E-state index is 12.0. The van der Waals surface area contributed by atoms with Gasteiger partial charge in [-0.3, -0.25) is 9.59 Å². The highest BCUT2D eigenvalue weighted by Crippen LogP contribution is 2.16. The fraction of sp³-hybridized carbons (Fsp3) is 0.750. The number of nitrogens with one attached hydrogen (secondary N) is 2. The molecule has 2 aliphatic rings. The summed E-state index contributed by atoms with van der Waals surface area (Å²) < 4.78 is 5.21. The first-order valence-corrected chi connectivity index (χ1v) is 8.18. The summed E-state index contributed by atoms with van der Waals surface area (Å²) in [5.74, 6) is 0.452. The molecule has 2 heterocycles. The monoisotopic (exact) mass is 309 g/mol. The van der Waals surface area contributed by atoms with Crippen LogP contribution in [0.4, 0.5) is 0 Å². The van der Waals surface area contributed by atoms with Crippen LogP contribution in [0.2, 0.25) is 0 Å². The SMILES string of the molecule is C=CCOCC(=O)N1CCCC(CNC(=O)C2CCCN2)C1. The Kier molecular flexibility index (Phi) is 6.86. The molecule has 2 atom stereocenters. The molecule has 0 aliphatic carbocycles. The number of hydrogen-bond acceptors (Lipinski definition) is 4. The second-order valence-electron chi connectivity index (χ2n) is 6.05. The number of nitrogens with zero attached hydrogens (tertiary/aromatic N) is 1. The van der Waals surface area contributed by atoms with E-state index in [-0.39, 0.29) is 24.5 Å². The zero-order valence-electron chi connectivity index (χ0n) is 13.2. The van der Waals surface area contributed by atoms with Crippen LogP contribution in [0.15, 0.2) is 12.7 Å². The van der Waals surface area contributed by atoms with Gasteiger partial charge in [0.15, 0.2) is 0 Å². The smallest absolute Gasteiger partial charge is 0.248 e. The van der Waals surface area contributed by atoms with Crippen molar-refractivity contribution >= 4 is 11.8 Å². The Morgan fingerprint density at radius 2 is 2.23 bits per heavy atom. The Labute approximate surface area is 132 Å². The topological polar surface area (TPSA) is 70.7 Å². The summed E-state index contributed by atoms with van der Waals surface area (Å²) in [7, 11) is 0. The first-order valence-electron chi connectivity index (χ1n) is 8.18. The number of rotatable bonds is 7. The molecule has 2 amide bonds. The van der Waals surface area contributed by atoms with Gasteiger partial charge in [0.2, 0.25) is 11.8 Å². The fourth-order valence-corrected chi connectivity index (χ4v) is 3.06. The Morgan fingerprint density at radius 3 is 2.95 bits per heavy atom. The Bertz CT molecular complexity index is 394. The van der Waals surface area contributed by atoms with Gasteiger partial charge in [-0.05, 0) is 38.1 Å². The number of carbonyl (C=O) groups is 2. The van der Waals surface area contributed by atoms with E-state index in [0.717, 1.165) is 38.8 Å². The van der Waals surface area contributed by atoms with E-state index in [9.17, 15) is 9.59 Å². The van der Waals surface area contributed by atoms with E-state index in [1.165, 1.54) is 0 Å². The van der Waals surface area contributed by atoms with Crippen LogP contribution in [-0.2, 0) is 14.3 Å². The van der Waals surface area contributed by atoms with Crippen LogP contribution < -0.4 is 10.6 Å². The van der Waals surface area contributed by atoms with Crippen molar-refractivity contribution in [1.29, 1.82) is 0 Å². The summed E-state index contributed by atoms with van der Waals surface area (Å²) in [6, 6.07) is -0.0337. The Morgan fingerprint density at radius 1 is 1.36 bits per heavy atom. The summed E-state index contributed by atoms with van der Waals surface area (Å²) in [6.45, 7) is 7.12. The Balaban J connectivity index is 1.69. The van der Waals surface area contributed by atoms with Gasteiger partial charge in [-0.1, -0.05) is 6.08 Å². The lowest BCUT2D eigenvalue weighted by molar-refractivity contribution is -0.137. The molecule has 6 heteroatoms. The van der Waals surface area contributed by atoms with Gasteiger partial charge in [-0.2, -0.15) is 0 Å². The maximum absolute atomic E-state index is 12.0. The lowest BCUT2D eigenvalue weighted by Crippen LogP contribution is -2.47. The van der Waals surface area contributed by atoms with Crippen molar-refractivity contribution in [1.82, 2.24) is 15.5 Å². The molecule has 0 aromatic heterocycles. The third-order valence-electron chi connectivity index (χ3n) is 4.27. The molecule has 22 heavy (non-hydrogen) atoms. The standard InChI is InChI=1S/C16H27N3O3/c1-2-9-22-12-15(20)19-8-4-5-13(11-19)10-18-16(21)14-6-3-7-17-14/h2,13-14,17H,1,3-12H2,(H,18,21). The molecule has 0 spiro atoms. The lowest BCUT2D eigenvalue weighted by Gasteiger charge is -2.33. The van der Waals surface area contributed by atoms with Crippen LogP contribution in [0.5, 0.6) is 0 Å². The predicted molar refractivity (Wildman–Crippen MR) is 84.4 cm³/mol. The predicted octanol–water partition coefficient (Wildman–Crippen LogP) is 0.296. The maximum Gasteiger partial charge on any atom is 0.248 e. The molecular formula is C16H27N3O3. The largest absolute Gasteiger partial charge is 0.368 e. The van der Waals surface area contributed by atoms with E-state index in [1.54, 1.807) is 6.08 Å². The molecule has 2 N–H and O–H groups in total. The van der Waals surface area contributed by atoms with Crippen LogP contribution in [0, 0.1) is 5.92 Å². The normalized spacial score (nSPS) is 25.0. The van der Waals surface area contributed by atoms with Crippen LogP contribution in [0.25, 0.3) is 0 Å². The zero-order chi connectivity index (χ0) is 15.8.